The molecule has 0 saturated carbocycles. The van der Waals surface area contributed by atoms with Gasteiger partial charge in [-0.15, -0.1) is 0 Å². The molecule has 0 amide bonds. The first kappa shape index (κ1) is 13.0. The Labute approximate surface area is 110 Å². The molecular weight excluding hydrogens is 254 g/mol. The zero-order chi connectivity index (χ0) is 12.8. The molecule has 1 unspecified atom stereocenters. The normalized spacial score (nSPS) is 12.6. The van der Waals surface area contributed by atoms with E-state index in [1.54, 1.807) is 12.1 Å². The van der Waals surface area contributed by atoms with Crippen LogP contribution in [0.15, 0.2) is 35.1 Å². The molecule has 0 aliphatic heterocycles. The zero-order valence-electron chi connectivity index (χ0n) is 9.71. The summed E-state index contributed by atoms with van der Waals surface area (Å²) in [5.74, 6) is 0.587. The van der Waals surface area contributed by atoms with Crippen LogP contribution >= 0.6 is 11.6 Å². The first-order valence-corrected chi connectivity index (χ1v) is 6.03. The third-order valence-corrected chi connectivity index (χ3v) is 2.77. The third-order valence-electron chi connectivity index (χ3n) is 2.52. The topological polar surface area (TPSA) is 71.2 Å². The minimum Gasteiger partial charge on any atom is -0.387 e. The predicted molar refractivity (Wildman–Crippen MR) is 67.3 cm³/mol. The highest BCUT2D eigenvalue weighted by Gasteiger charge is 2.07. The summed E-state index contributed by atoms with van der Waals surface area (Å²) >= 11 is 5.78. The maximum Gasteiger partial charge on any atom is 0.227 e. The number of benzene rings is 1. The average Bonchev–Trinajstić information content (AvgIpc) is 2.88. The highest BCUT2D eigenvalue weighted by Crippen LogP contribution is 2.15. The van der Waals surface area contributed by atoms with Crippen LogP contribution in [0.4, 0.5) is 0 Å². The summed E-state index contributed by atoms with van der Waals surface area (Å²) in [5, 5.41) is 17.2. The van der Waals surface area contributed by atoms with Crippen molar-refractivity contribution >= 4 is 11.6 Å². The molecule has 5 nitrogen and oxygen atoms in total. The van der Waals surface area contributed by atoms with Crippen LogP contribution in [0.5, 0.6) is 0 Å². The van der Waals surface area contributed by atoms with Crippen molar-refractivity contribution in [2.45, 2.75) is 12.5 Å². The van der Waals surface area contributed by atoms with Gasteiger partial charge in [0.2, 0.25) is 5.89 Å². The van der Waals surface area contributed by atoms with E-state index in [9.17, 15) is 5.11 Å². The van der Waals surface area contributed by atoms with E-state index >= 15 is 0 Å². The summed E-state index contributed by atoms with van der Waals surface area (Å²) in [4.78, 5) is 3.91. The molecule has 18 heavy (non-hydrogen) atoms. The average molecular weight is 268 g/mol. The number of aliphatic hydroxyl groups excluding tert-OH is 1. The molecule has 6 heteroatoms. The molecule has 2 rings (SSSR count). The molecule has 0 saturated heterocycles. The van der Waals surface area contributed by atoms with Gasteiger partial charge >= 0.3 is 0 Å². The molecule has 0 aliphatic rings. The van der Waals surface area contributed by atoms with Gasteiger partial charge in [-0.1, -0.05) is 28.9 Å². The van der Waals surface area contributed by atoms with Crippen LogP contribution in [-0.4, -0.2) is 28.3 Å². The van der Waals surface area contributed by atoms with E-state index in [1.165, 1.54) is 6.33 Å². The van der Waals surface area contributed by atoms with Crippen molar-refractivity contribution in [3.8, 4) is 0 Å². The van der Waals surface area contributed by atoms with Crippen molar-refractivity contribution in [3.05, 3.63) is 47.1 Å². The number of nitrogens with zero attached hydrogens (tertiary/aromatic N) is 2. The quantitative estimate of drug-likeness (QED) is 0.778. The second-order valence-corrected chi connectivity index (χ2v) is 4.29. The van der Waals surface area contributed by atoms with Crippen LogP contribution in [0.25, 0.3) is 0 Å². The second kappa shape index (κ2) is 6.49. The molecule has 1 aromatic carbocycles. The molecule has 2 aromatic rings. The lowest BCUT2D eigenvalue weighted by atomic mass is 10.1. The van der Waals surface area contributed by atoms with Crippen LogP contribution < -0.4 is 5.32 Å². The van der Waals surface area contributed by atoms with Crippen LogP contribution in [0.1, 0.15) is 17.6 Å². The number of rotatable bonds is 6. The molecular formula is C12H14ClN3O2. The van der Waals surface area contributed by atoms with Gasteiger partial charge in [0.25, 0.3) is 0 Å². The maximum atomic E-state index is 9.91. The van der Waals surface area contributed by atoms with E-state index in [4.69, 9.17) is 16.1 Å². The van der Waals surface area contributed by atoms with E-state index < -0.39 is 6.10 Å². The lowest BCUT2D eigenvalue weighted by Gasteiger charge is -2.11. The molecule has 96 valence electrons. The smallest absolute Gasteiger partial charge is 0.227 e. The molecule has 0 spiro atoms. The third kappa shape index (κ3) is 3.80. The van der Waals surface area contributed by atoms with Gasteiger partial charge in [0.15, 0.2) is 6.33 Å². The first-order chi connectivity index (χ1) is 8.75. The van der Waals surface area contributed by atoms with Crippen LogP contribution in [-0.2, 0) is 6.42 Å². The number of nitrogens with one attached hydrogen (secondary N) is 1. The zero-order valence-corrected chi connectivity index (χ0v) is 10.5. The fourth-order valence-corrected chi connectivity index (χ4v) is 1.67. The van der Waals surface area contributed by atoms with E-state index in [1.807, 2.05) is 12.1 Å². The molecule has 0 fully saturated rings. The van der Waals surface area contributed by atoms with Gasteiger partial charge in [-0.25, -0.2) is 0 Å². The Morgan fingerprint density at radius 3 is 2.78 bits per heavy atom. The summed E-state index contributed by atoms with van der Waals surface area (Å²) in [5.41, 5.74) is 0.838. The maximum absolute atomic E-state index is 9.91. The number of hydrogen-bond acceptors (Lipinski definition) is 5. The number of halogens is 1. The fourth-order valence-electron chi connectivity index (χ4n) is 1.54. The predicted octanol–water partition coefficient (Wildman–Crippen LogP) is 1.59. The summed E-state index contributed by atoms with van der Waals surface area (Å²) in [6, 6.07) is 7.15. The van der Waals surface area contributed by atoms with Crippen molar-refractivity contribution in [2.24, 2.45) is 0 Å². The number of hydrogen-bond donors (Lipinski definition) is 2. The lowest BCUT2D eigenvalue weighted by molar-refractivity contribution is 0.174. The minimum atomic E-state index is -0.551. The Bertz CT molecular complexity index is 459. The summed E-state index contributed by atoms with van der Waals surface area (Å²) in [7, 11) is 0. The van der Waals surface area contributed by atoms with Crippen molar-refractivity contribution in [1.29, 1.82) is 0 Å². The highest BCUT2D eigenvalue weighted by molar-refractivity contribution is 6.30. The van der Waals surface area contributed by atoms with Gasteiger partial charge in [0.1, 0.15) is 0 Å². The second-order valence-electron chi connectivity index (χ2n) is 3.86. The van der Waals surface area contributed by atoms with E-state index in [0.29, 0.717) is 30.4 Å². The Morgan fingerprint density at radius 2 is 2.11 bits per heavy atom. The first-order valence-electron chi connectivity index (χ1n) is 5.65. The number of aliphatic hydroxyl groups is 1. The Hall–Kier alpha value is -1.43. The van der Waals surface area contributed by atoms with Crippen molar-refractivity contribution < 1.29 is 9.63 Å². The van der Waals surface area contributed by atoms with Gasteiger partial charge in [0, 0.05) is 24.5 Å². The Balaban J connectivity index is 1.71. The largest absolute Gasteiger partial charge is 0.387 e. The highest BCUT2D eigenvalue weighted by atomic mass is 35.5. The van der Waals surface area contributed by atoms with Gasteiger partial charge in [0.05, 0.1) is 6.10 Å². The van der Waals surface area contributed by atoms with Crippen molar-refractivity contribution in [1.82, 2.24) is 15.5 Å². The van der Waals surface area contributed by atoms with Gasteiger partial charge in [-0.3, -0.25) is 0 Å². The van der Waals surface area contributed by atoms with E-state index in [2.05, 4.69) is 15.5 Å². The van der Waals surface area contributed by atoms with Crippen LogP contribution in [0.2, 0.25) is 5.02 Å². The Morgan fingerprint density at radius 1 is 1.33 bits per heavy atom. The minimum absolute atomic E-state index is 0.468. The monoisotopic (exact) mass is 267 g/mol. The molecule has 1 heterocycles. The van der Waals surface area contributed by atoms with Crippen LogP contribution in [0, 0.1) is 0 Å². The van der Waals surface area contributed by atoms with Crippen molar-refractivity contribution in [3.63, 3.8) is 0 Å². The summed E-state index contributed by atoms with van der Waals surface area (Å²) in [6.45, 7) is 1.14. The standard InChI is InChI=1S/C12H14ClN3O2/c13-10-3-1-9(2-4-10)11(17)7-14-6-5-12-15-8-16-18-12/h1-4,8,11,14,17H,5-7H2. The molecule has 0 aliphatic carbocycles. The SMILES string of the molecule is OC(CNCCc1ncno1)c1ccc(Cl)cc1. The lowest BCUT2D eigenvalue weighted by Crippen LogP contribution is -2.23. The molecule has 0 radical (unpaired) electrons. The van der Waals surface area contributed by atoms with Gasteiger partial charge in [-0.2, -0.15) is 4.98 Å². The fraction of sp³-hybridized carbons (Fsp3) is 0.333. The van der Waals surface area contributed by atoms with E-state index in [-0.39, 0.29) is 0 Å². The molecule has 1 aromatic heterocycles. The summed E-state index contributed by atoms with van der Waals surface area (Å²) < 4.78 is 4.86. The summed E-state index contributed by atoms with van der Waals surface area (Å²) in [6.07, 6.45) is 1.47. The van der Waals surface area contributed by atoms with E-state index in [0.717, 1.165) is 5.56 Å². The van der Waals surface area contributed by atoms with Crippen molar-refractivity contribution in [2.75, 3.05) is 13.1 Å². The molecule has 2 N–H and O–H groups in total. The van der Waals surface area contributed by atoms with Gasteiger partial charge < -0.3 is 14.9 Å². The number of aromatic nitrogens is 2. The van der Waals surface area contributed by atoms with Gasteiger partial charge in [-0.05, 0) is 17.7 Å². The molecule has 0 bridgehead atoms. The molecule has 1 atom stereocenters. The van der Waals surface area contributed by atoms with Crippen LogP contribution in [0.3, 0.4) is 0 Å². The Kier molecular flexibility index (Phi) is 4.69.